The molecule has 21 heavy (non-hydrogen) atoms. The summed E-state index contributed by atoms with van der Waals surface area (Å²) in [5.74, 6) is 0.703. The number of nitrogens with one attached hydrogen (secondary N) is 2. The van der Waals surface area contributed by atoms with Crippen molar-refractivity contribution in [3.8, 4) is 0 Å². The average molecular weight is 285 g/mol. The summed E-state index contributed by atoms with van der Waals surface area (Å²) >= 11 is 0. The van der Waals surface area contributed by atoms with E-state index in [1.165, 1.54) is 12.8 Å². The average Bonchev–Trinajstić information content (AvgIpc) is 3.10. The lowest BCUT2D eigenvalue weighted by Gasteiger charge is -2.20. The maximum absolute atomic E-state index is 12.5. The van der Waals surface area contributed by atoms with Crippen molar-refractivity contribution in [1.29, 1.82) is 0 Å². The highest BCUT2D eigenvalue weighted by Gasteiger charge is 2.20. The summed E-state index contributed by atoms with van der Waals surface area (Å²) in [7, 11) is 0. The maximum Gasteiger partial charge on any atom is 0.259 e. The fourth-order valence-corrected chi connectivity index (χ4v) is 2.75. The van der Waals surface area contributed by atoms with Crippen LogP contribution in [0.5, 0.6) is 0 Å². The number of carbonyl (C=O) groups is 1. The van der Waals surface area contributed by atoms with Crippen molar-refractivity contribution in [2.75, 3.05) is 23.3 Å². The Balaban J connectivity index is 1.86. The highest BCUT2D eigenvalue weighted by Crippen LogP contribution is 2.26. The largest absolute Gasteiger partial charge is 0.355 e. The molecule has 0 bridgehead atoms. The highest BCUT2D eigenvalue weighted by atomic mass is 16.1. The number of anilines is 2. The van der Waals surface area contributed by atoms with Gasteiger partial charge in [0.05, 0.1) is 16.9 Å². The monoisotopic (exact) mass is 285 g/mol. The smallest absolute Gasteiger partial charge is 0.259 e. The van der Waals surface area contributed by atoms with E-state index in [0.717, 1.165) is 30.3 Å². The van der Waals surface area contributed by atoms with Gasteiger partial charge in [0.25, 0.3) is 5.91 Å². The van der Waals surface area contributed by atoms with E-state index in [4.69, 9.17) is 0 Å². The fourth-order valence-electron chi connectivity index (χ4n) is 2.75. The molecule has 0 saturated carbocycles. The van der Waals surface area contributed by atoms with E-state index in [1.54, 1.807) is 6.20 Å². The molecule has 110 valence electrons. The zero-order valence-corrected chi connectivity index (χ0v) is 12.3. The lowest BCUT2D eigenvalue weighted by Crippen LogP contribution is -2.22. The van der Waals surface area contributed by atoms with Gasteiger partial charge >= 0.3 is 0 Å². The number of aromatic amines is 1. The van der Waals surface area contributed by atoms with Gasteiger partial charge in [-0.1, -0.05) is 0 Å². The van der Waals surface area contributed by atoms with Gasteiger partial charge in [-0.15, -0.1) is 0 Å². The van der Waals surface area contributed by atoms with Crippen LogP contribution in [0, 0.1) is 13.8 Å². The Morgan fingerprint density at radius 2 is 2.10 bits per heavy atom. The molecule has 3 rings (SSSR count). The van der Waals surface area contributed by atoms with Gasteiger partial charge < -0.3 is 10.2 Å². The molecule has 1 saturated heterocycles. The fraction of sp³-hybridized carbons (Fsp3) is 0.400. The van der Waals surface area contributed by atoms with Crippen LogP contribution in [0.1, 0.15) is 34.6 Å². The first-order chi connectivity index (χ1) is 10.2. The van der Waals surface area contributed by atoms with Crippen LogP contribution in [-0.4, -0.2) is 34.2 Å². The number of aryl methyl sites for hydroxylation is 2. The summed E-state index contributed by atoms with van der Waals surface area (Å²) < 4.78 is 0. The van der Waals surface area contributed by atoms with E-state index in [0.29, 0.717) is 11.3 Å². The molecular formula is C15H19N5O. The second-order valence-corrected chi connectivity index (χ2v) is 5.33. The van der Waals surface area contributed by atoms with Crippen LogP contribution in [-0.2, 0) is 0 Å². The molecule has 0 atom stereocenters. The summed E-state index contributed by atoms with van der Waals surface area (Å²) in [5.41, 5.74) is 2.84. The summed E-state index contributed by atoms with van der Waals surface area (Å²) in [6, 6.07) is 3.73. The molecule has 2 aromatic heterocycles. The standard InChI is InChI=1S/C15H19N5O/c1-10-13(11(2)19-18-10)15(21)17-12-6-5-7-16-14(12)20-8-3-4-9-20/h5-7H,3-4,8-9H2,1-2H3,(H,17,21)(H,18,19). The Hall–Kier alpha value is -2.37. The van der Waals surface area contributed by atoms with E-state index in [9.17, 15) is 4.79 Å². The Kier molecular flexibility index (Phi) is 3.60. The number of nitrogens with zero attached hydrogens (tertiary/aromatic N) is 3. The van der Waals surface area contributed by atoms with Gasteiger partial charge in [-0.2, -0.15) is 5.10 Å². The first-order valence-electron chi connectivity index (χ1n) is 7.19. The molecule has 2 N–H and O–H groups in total. The van der Waals surface area contributed by atoms with E-state index in [2.05, 4.69) is 25.4 Å². The molecule has 6 heteroatoms. The topological polar surface area (TPSA) is 73.9 Å². The summed E-state index contributed by atoms with van der Waals surface area (Å²) in [4.78, 5) is 19.1. The van der Waals surface area contributed by atoms with Crippen LogP contribution in [0.4, 0.5) is 11.5 Å². The third-order valence-electron chi connectivity index (χ3n) is 3.80. The molecule has 1 fully saturated rings. The van der Waals surface area contributed by atoms with Crippen LogP contribution >= 0.6 is 0 Å². The molecule has 0 unspecified atom stereocenters. The number of hydrogen-bond donors (Lipinski definition) is 2. The number of rotatable bonds is 3. The zero-order chi connectivity index (χ0) is 14.8. The molecule has 1 aliphatic rings. The minimum Gasteiger partial charge on any atom is -0.355 e. The van der Waals surface area contributed by atoms with Crippen molar-refractivity contribution >= 4 is 17.4 Å². The summed E-state index contributed by atoms with van der Waals surface area (Å²) in [5, 5.41) is 9.87. The molecule has 2 aromatic rings. The third kappa shape index (κ3) is 2.61. The van der Waals surface area contributed by atoms with Gasteiger partial charge in [-0.3, -0.25) is 9.89 Å². The molecule has 3 heterocycles. The van der Waals surface area contributed by atoms with Crippen LogP contribution in [0.2, 0.25) is 0 Å². The van der Waals surface area contributed by atoms with Crippen molar-refractivity contribution < 1.29 is 4.79 Å². The summed E-state index contributed by atoms with van der Waals surface area (Å²) in [6.45, 7) is 5.65. The van der Waals surface area contributed by atoms with Gasteiger partial charge in [0.15, 0.2) is 5.82 Å². The number of aromatic nitrogens is 3. The number of amides is 1. The molecule has 0 aromatic carbocycles. The lowest BCUT2D eigenvalue weighted by molar-refractivity contribution is 0.102. The molecular weight excluding hydrogens is 266 g/mol. The number of carbonyl (C=O) groups excluding carboxylic acids is 1. The van der Waals surface area contributed by atoms with Crippen molar-refractivity contribution in [2.24, 2.45) is 0 Å². The Labute approximate surface area is 123 Å². The van der Waals surface area contributed by atoms with Gasteiger partial charge in [-0.05, 0) is 38.8 Å². The number of pyridine rings is 1. The first kappa shape index (κ1) is 13.6. The molecule has 6 nitrogen and oxygen atoms in total. The van der Waals surface area contributed by atoms with Gasteiger partial charge in [0.2, 0.25) is 0 Å². The Morgan fingerprint density at radius 3 is 2.76 bits per heavy atom. The maximum atomic E-state index is 12.5. The minimum atomic E-state index is -0.146. The van der Waals surface area contributed by atoms with Gasteiger partial charge in [-0.25, -0.2) is 4.98 Å². The van der Waals surface area contributed by atoms with E-state index in [1.807, 2.05) is 26.0 Å². The minimum absolute atomic E-state index is 0.146. The molecule has 0 aliphatic carbocycles. The molecule has 0 spiro atoms. The number of hydrogen-bond acceptors (Lipinski definition) is 4. The quantitative estimate of drug-likeness (QED) is 0.907. The molecule has 0 radical (unpaired) electrons. The van der Waals surface area contributed by atoms with Gasteiger partial charge in [0.1, 0.15) is 0 Å². The lowest BCUT2D eigenvalue weighted by atomic mass is 10.2. The Bertz CT molecular complexity index is 638. The van der Waals surface area contributed by atoms with E-state index in [-0.39, 0.29) is 5.91 Å². The Morgan fingerprint density at radius 1 is 1.33 bits per heavy atom. The van der Waals surface area contributed by atoms with E-state index < -0.39 is 0 Å². The SMILES string of the molecule is Cc1n[nH]c(C)c1C(=O)Nc1cccnc1N1CCCC1. The first-order valence-corrected chi connectivity index (χ1v) is 7.19. The second-order valence-electron chi connectivity index (χ2n) is 5.33. The van der Waals surface area contributed by atoms with Gasteiger partial charge in [0, 0.05) is 25.0 Å². The van der Waals surface area contributed by atoms with Crippen LogP contribution in [0.25, 0.3) is 0 Å². The molecule has 1 amide bonds. The zero-order valence-electron chi connectivity index (χ0n) is 12.3. The second kappa shape index (κ2) is 5.55. The van der Waals surface area contributed by atoms with Crippen LogP contribution in [0.15, 0.2) is 18.3 Å². The predicted molar refractivity (Wildman–Crippen MR) is 81.7 cm³/mol. The predicted octanol–water partition coefficient (Wildman–Crippen LogP) is 2.27. The molecule has 1 aliphatic heterocycles. The highest BCUT2D eigenvalue weighted by molar-refractivity contribution is 6.07. The van der Waals surface area contributed by atoms with Crippen LogP contribution < -0.4 is 10.2 Å². The van der Waals surface area contributed by atoms with Crippen molar-refractivity contribution in [3.05, 3.63) is 35.3 Å². The van der Waals surface area contributed by atoms with Crippen molar-refractivity contribution in [1.82, 2.24) is 15.2 Å². The third-order valence-corrected chi connectivity index (χ3v) is 3.80. The van der Waals surface area contributed by atoms with E-state index >= 15 is 0 Å². The summed E-state index contributed by atoms with van der Waals surface area (Å²) in [6.07, 6.45) is 4.10. The van der Waals surface area contributed by atoms with Crippen molar-refractivity contribution in [2.45, 2.75) is 26.7 Å². The number of H-pyrrole nitrogens is 1. The van der Waals surface area contributed by atoms with Crippen molar-refractivity contribution in [3.63, 3.8) is 0 Å². The van der Waals surface area contributed by atoms with Crippen LogP contribution in [0.3, 0.4) is 0 Å². The normalized spacial score (nSPS) is 14.5.